The van der Waals surface area contributed by atoms with E-state index in [0.717, 1.165) is 19.6 Å². The Hall–Kier alpha value is -0.860. The fourth-order valence-corrected chi connectivity index (χ4v) is 2.23. The number of ether oxygens (including phenoxy) is 1. The Morgan fingerprint density at radius 3 is 2.71 bits per heavy atom. The molecule has 0 amide bonds. The van der Waals surface area contributed by atoms with Crippen LogP contribution in [0.2, 0.25) is 0 Å². The molecule has 0 spiro atoms. The number of benzene rings is 1. The van der Waals surface area contributed by atoms with Crippen molar-refractivity contribution in [3.05, 3.63) is 35.4 Å². The molecule has 0 radical (unpaired) electrons. The minimum atomic E-state index is 0.435. The second-order valence-corrected chi connectivity index (χ2v) is 4.82. The maximum atomic E-state index is 5.21. The third-order valence-electron chi connectivity index (χ3n) is 2.98. The molecule has 0 fully saturated rings. The van der Waals surface area contributed by atoms with Crippen molar-refractivity contribution in [1.29, 1.82) is 0 Å². The molecule has 0 aliphatic heterocycles. The van der Waals surface area contributed by atoms with Gasteiger partial charge in [0.25, 0.3) is 0 Å². The van der Waals surface area contributed by atoms with Crippen molar-refractivity contribution in [2.24, 2.45) is 5.92 Å². The minimum absolute atomic E-state index is 0.435. The van der Waals surface area contributed by atoms with E-state index in [0.29, 0.717) is 12.0 Å². The summed E-state index contributed by atoms with van der Waals surface area (Å²) >= 11 is 0. The third-order valence-corrected chi connectivity index (χ3v) is 2.98. The van der Waals surface area contributed by atoms with E-state index in [2.05, 4.69) is 50.4 Å². The first kappa shape index (κ1) is 14.2. The quantitative estimate of drug-likeness (QED) is 0.783. The Balaban J connectivity index is 2.71. The number of methoxy groups -OCH3 is 1. The Bertz CT molecular complexity index is 324. The van der Waals surface area contributed by atoms with Crippen molar-refractivity contribution in [1.82, 2.24) is 5.32 Å². The van der Waals surface area contributed by atoms with Gasteiger partial charge in [0.15, 0.2) is 0 Å². The van der Waals surface area contributed by atoms with Crippen molar-refractivity contribution < 1.29 is 4.74 Å². The molecular formula is C15H25NO. The van der Waals surface area contributed by atoms with Gasteiger partial charge in [-0.15, -0.1) is 0 Å². The van der Waals surface area contributed by atoms with E-state index in [1.54, 1.807) is 7.11 Å². The highest BCUT2D eigenvalue weighted by Gasteiger charge is 2.14. The second-order valence-electron chi connectivity index (χ2n) is 4.82. The SMILES string of the molecule is CCNC(CC(C)COC)c1cccc(C)c1. The van der Waals surface area contributed by atoms with Gasteiger partial charge in [-0.05, 0) is 31.4 Å². The van der Waals surface area contributed by atoms with E-state index in [9.17, 15) is 0 Å². The molecule has 0 heterocycles. The first-order valence-electron chi connectivity index (χ1n) is 6.46. The van der Waals surface area contributed by atoms with Crippen LogP contribution >= 0.6 is 0 Å². The Kier molecular flexibility index (Phi) is 6.23. The van der Waals surface area contributed by atoms with Crippen LogP contribution in [0.1, 0.15) is 37.4 Å². The molecule has 0 bridgehead atoms. The lowest BCUT2D eigenvalue weighted by Crippen LogP contribution is -2.24. The van der Waals surface area contributed by atoms with Crippen LogP contribution in [0.15, 0.2) is 24.3 Å². The summed E-state index contributed by atoms with van der Waals surface area (Å²) in [5.41, 5.74) is 2.71. The van der Waals surface area contributed by atoms with Gasteiger partial charge in [-0.3, -0.25) is 0 Å². The van der Waals surface area contributed by atoms with Crippen molar-refractivity contribution in [2.45, 2.75) is 33.2 Å². The minimum Gasteiger partial charge on any atom is -0.384 e. The first-order valence-corrected chi connectivity index (χ1v) is 6.46. The number of hydrogen-bond acceptors (Lipinski definition) is 2. The molecule has 2 nitrogen and oxygen atoms in total. The molecule has 96 valence electrons. The fraction of sp³-hybridized carbons (Fsp3) is 0.600. The first-order chi connectivity index (χ1) is 8.17. The summed E-state index contributed by atoms with van der Waals surface area (Å²) in [6.45, 7) is 8.37. The zero-order valence-corrected chi connectivity index (χ0v) is 11.5. The number of hydrogen-bond donors (Lipinski definition) is 1. The van der Waals surface area contributed by atoms with Gasteiger partial charge in [0.05, 0.1) is 0 Å². The average molecular weight is 235 g/mol. The van der Waals surface area contributed by atoms with Gasteiger partial charge in [-0.1, -0.05) is 43.7 Å². The van der Waals surface area contributed by atoms with Crippen LogP contribution in [0.3, 0.4) is 0 Å². The summed E-state index contributed by atoms with van der Waals surface area (Å²) in [4.78, 5) is 0. The summed E-state index contributed by atoms with van der Waals surface area (Å²) in [6, 6.07) is 9.19. The lowest BCUT2D eigenvalue weighted by atomic mass is 9.95. The van der Waals surface area contributed by atoms with Crippen LogP contribution in [0, 0.1) is 12.8 Å². The number of aryl methyl sites for hydroxylation is 1. The molecule has 0 aromatic heterocycles. The summed E-state index contributed by atoms with van der Waals surface area (Å²) in [5.74, 6) is 0.574. The molecule has 17 heavy (non-hydrogen) atoms. The normalized spacial score (nSPS) is 14.6. The van der Waals surface area contributed by atoms with E-state index < -0.39 is 0 Å². The van der Waals surface area contributed by atoms with Gasteiger partial charge in [0, 0.05) is 19.8 Å². The maximum absolute atomic E-state index is 5.21. The fourth-order valence-electron chi connectivity index (χ4n) is 2.23. The van der Waals surface area contributed by atoms with Crippen LogP contribution in [0.4, 0.5) is 0 Å². The highest BCUT2D eigenvalue weighted by atomic mass is 16.5. The molecule has 0 saturated carbocycles. The van der Waals surface area contributed by atoms with E-state index in [4.69, 9.17) is 4.74 Å². The highest BCUT2D eigenvalue weighted by molar-refractivity contribution is 5.25. The molecule has 1 N–H and O–H groups in total. The van der Waals surface area contributed by atoms with E-state index >= 15 is 0 Å². The zero-order chi connectivity index (χ0) is 12.7. The van der Waals surface area contributed by atoms with Crippen molar-refractivity contribution in [3.8, 4) is 0 Å². The predicted octanol–water partition coefficient (Wildman–Crippen LogP) is 3.32. The lowest BCUT2D eigenvalue weighted by molar-refractivity contribution is 0.149. The summed E-state index contributed by atoms with van der Waals surface area (Å²) in [7, 11) is 1.77. The van der Waals surface area contributed by atoms with Crippen molar-refractivity contribution >= 4 is 0 Å². The molecule has 1 aromatic rings. The Morgan fingerprint density at radius 2 is 2.12 bits per heavy atom. The van der Waals surface area contributed by atoms with Crippen LogP contribution in [0.25, 0.3) is 0 Å². The van der Waals surface area contributed by atoms with Crippen LogP contribution in [0.5, 0.6) is 0 Å². The molecule has 1 rings (SSSR count). The average Bonchev–Trinajstić information content (AvgIpc) is 2.29. The molecule has 2 heteroatoms. The van der Waals surface area contributed by atoms with Gasteiger partial charge < -0.3 is 10.1 Å². The van der Waals surface area contributed by atoms with Crippen LogP contribution < -0.4 is 5.32 Å². The summed E-state index contributed by atoms with van der Waals surface area (Å²) in [5, 5.41) is 3.56. The smallest absolute Gasteiger partial charge is 0.0488 e. The largest absolute Gasteiger partial charge is 0.384 e. The second kappa shape index (κ2) is 7.46. The molecule has 0 saturated heterocycles. The van der Waals surface area contributed by atoms with Crippen molar-refractivity contribution in [2.75, 3.05) is 20.3 Å². The zero-order valence-electron chi connectivity index (χ0n) is 11.5. The van der Waals surface area contributed by atoms with Crippen molar-refractivity contribution in [3.63, 3.8) is 0 Å². The van der Waals surface area contributed by atoms with E-state index in [1.165, 1.54) is 11.1 Å². The number of rotatable bonds is 7. The maximum Gasteiger partial charge on any atom is 0.0488 e. The van der Waals surface area contributed by atoms with Crippen LogP contribution in [-0.4, -0.2) is 20.3 Å². The van der Waals surface area contributed by atoms with E-state index in [1.807, 2.05) is 0 Å². The molecule has 0 aliphatic rings. The molecule has 2 unspecified atom stereocenters. The Labute approximate surface area is 105 Å². The van der Waals surface area contributed by atoms with Gasteiger partial charge >= 0.3 is 0 Å². The van der Waals surface area contributed by atoms with Gasteiger partial charge in [0.1, 0.15) is 0 Å². The molecule has 0 aliphatic carbocycles. The Morgan fingerprint density at radius 1 is 1.35 bits per heavy atom. The van der Waals surface area contributed by atoms with Gasteiger partial charge in [0.2, 0.25) is 0 Å². The molecule has 1 aromatic carbocycles. The number of nitrogens with one attached hydrogen (secondary N) is 1. The highest BCUT2D eigenvalue weighted by Crippen LogP contribution is 2.22. The van der Waals surface area contributed by atoms with Gasteiger partial charge in [-0.2, -0.15) is 0 Å². The molecule has 2 atom stereocenters. The monoisotopic (exact) mass is 235 g/mol. The molecular weight excluding hydrogens is 210 g/mol. The summed E-state index contributed by atoms with van der Waals surface area (Å²) in [6.07, 6.45) is 1.12. The summed E-state index contributed by atoms with van der Waals surface area (Å²) < 4.78 is 5.21. The van der Waals surface area contributed by atoms with E-state index in [-0.39, 0.29) is 0 Å². The lowest BCUT2D eigenvalue weighted by Gasteiger charge is -2.22. The third kappa shape index (κ3) is 4.88. The van der Waals surface area contributed by atoms with Gasteiger partial charge in [-0.25, -0.2) is 0 Å². The van der Waals surface area contributed by atoms with Crippen LogP contribution in [-0.2, 0) is 4.74 Å². The topological polar surface area (TPSA) is 21.3 Å². The predicted molar refractivity (Wildman–Crippen MR) is 73.3 cm³/mol. The standard InChI is InChI=1S/C15H25NO/c1-5-16-15(10-13(3)11-17-4)14-8-6-7-12(2)9-14/h6-9,13,15-16H,5,10-11H2,1-4H3.